The predicted octanol–water partition coefficient (Wildman–Crippen LogP) is 1.49. The molecule has 176 valence electrons. The van der Waals surface area contributed by atoms with Crippen LogP contribution >= 0.6 is 11.8 Å². The van der Waals surface area contributed by atoms with Crippen LogP contribution < -0.4 is 5.32 Å². The lowest BCUT2D eigenvalue weighted by atomic mass is 9.97. The van der Waals surface area contributed by atoms with Gasteiger partial charge in [0.05, 0.1) is 0 Å². The minimum atomic E-state index is -5.23. The van der Waals surface area contributed by atoms with Crippen LogP contribution in [0.15, 0.2) is 12.2 Å². The minimum absolute atomic E-state index is 0.231. The van der Waals surface area contributed by atoms with Crippen molar-refractivity contribution in [3.05, 3.63) is 12.2 Å². The highest BCUT2D eigenvalue weighted by molar-refractivity contribution is 8.00. The van der Waals surface area contributed by atoms with Crippen molar-refractivity contribution < 1.29 is 51.3 Å². The number of ether oxygens (including phenoxy) is 4. The van der Waals surface area contributed by atoms with E-state index in [4.69, 9.17) is 18.9 Å². The molecule has 1 aliphatic heterocycles. The third-order valence-electron chi connectivity index (χ3n) is 3.75. The fourth-order valence-electron chi connectivity index (χ4n) is 2.66. The molecular weight excluding hydrogens is 447 g/mol. The van der Waals surface area contributed by atoms with Crippen LogP contribution in [-0.2, 0) is 38.1 Å². The number of carbonyl (C=O) groups is 4. The Labute approximate surface area is 181 Å². The summed E-state index contributed by atoms with van der Waals surface area (Å²) in [4.78, 5) is 46.1. The summed E-state index contributed by atoms with van der Waals surface area (Å²) < 4.78 is 59.6. The standard InChI is InChI=1S/C18H24F3NO8S/c1-8(2)7-31-16-13(22-17(26)18(19,20)21)15(29-11(5)25)14(28-10(4)24)12(30-16)6-27-9(3)23/h12-16H,1,6-7H2,2-5H3,(H,22,26)/t12-,13-,14+,15-,16?/m1/s1. The maximum atomic E-state index is 12.9. The molecule has 1 saturated heterocycles. The quantitative estimate of drug-likeness (QED) is 0.319. The fourth-order valence-corrected chi connectivity index (χ4v) is 3.76. The number of rotatable bonds is 8. The van der Waals surface area contributed by atoms with Crippen molar-refractivity contribution in [3.8, 4) is 0 Å². The maximum absolute atomic E-state index is 12.9. The highest BCUT2D eigenvalue weighted by Crippen LogP contribution is 2.33. The Morgan fingerprint density at radius 2 is 1.55 bits per heavy atom. The molecule has 1 heterocycles. The van der Waals surface area contributed by atoms with Crippen LogP contribution in [0.2, 0.25) is 0 Å². The molecule has 9 nitrogen and oxygen atoms in total. The van der Waals surface area contributed by atoms with Crippen LogP contribution in [-0.4, -0.2) is 72.1 Å². The number of carbonyl (C=O) groups excluding carboxylic acids is 4. The number of amides is 1. The molecule has 31 heavy (non-hydrogen) atoms. The van der Waals surface area contributed by atoms with Crippen molar-refractivity contribution in [2.24, 2.45) is 0 Å². The molecule has 0 aromatic carbocycles. The summed E-state index contributed by atoms with van der Waals surface area (Å²) in [7, 11) is 0. The van der Waals surface area contributed by atoms with Gasteiger partial charge in [0, 0.05) is 26.5 Å². The zero-order valence-electron chi connectivity index (χ0n) is 17.3. The molecule has 0 saturated carbocycles. The molecule has 0 aromatic rings. The number of alkyl halides is 3. The van der Waals surface area contributed by atoms with Gasteiger partial charge in [0.1, 0.15) is 24.2 Å². The van der Waals surface area contributed by atoms with E-state index >= 15 is 0 Å². The van der Waals surface area contributed by atoms with Gasteiger partial charge in [-0.3, -0.25) is 19.2 Å². The van der Waals surface area contributed by atoms with Crippen LogP contribution in [0.3, 0.4) is 0 Å². The molecule has 13 heteroatoms. The summed E-state index contributed by atoms with van der Waals surface area (Å²) >= 11 is 0.980. The number of nitrogens with one attached hydrogen (secondary N) is 1. The zero-order chi connectivity index (χ0) is 23.9. The second kappa shape index (κ2) is 11.4. The van der Waals surface area contributed by atoms with Gasteiger partial charge in [0.2, 0.25) is 0 Å². The average Bonchev–Trinajstić information content (AvgIpc) is 2.60. The Kier molecular flexibility index (Phi) is 9.81. The van der Waals surface area contributed by atoms with E-state index in [1.54, 1.807) is 12.2 Å². The predicted molar refractivity (Wildman–Crippen MR) is 102 cm³/mol. The highest BCUT2D eigenvalue weighted by atomic mass is 32.2. The fraction of sp³-hybridized carbons (Fsp3) is 0.667. The van der Waals surface area contributed by atoms with Gasteiger partial charge < -0.3 is 24.3 Å². The summed E-state index contributed by atoms with van der Waals surface area (Å²) in [5.74, 6) is -4.50. The third kappa shape index (κ3) is 8.77. The second-order valence-electron chi connectivity index (χ2n) is 6.76. The van der Waals surface area contributed by atoms with Gasteiger partial charge >= 0.3 is 30.0 Å². The molecule has 0 radical (unpaired) electrons. The number of hydrogen-bond acceptors (Lipinski definition) is 9. The normalized spacial score (nSPS) is 25.8. The molecule has 1 fully saturated rings. The molecule has 1 rings (SSSR count). The SMILES string of the molecule is C=C(C)CSC1O[C@H](COC(C)=O)[C@H](OC(C)=O)[C@H](OC(C)=O)[C@H]1NC(=O)C(F)(F)F. The molecule has 1 N–H and O–H groups in total. The summed E-state index contributed by atoms with van der Waals surface area (Å²) in [6.45, 7) is 8.07. The number of esters is 3. The van der Waals surface area contributed by atoms with E-state index < -0.39 is 66.4 Å². The first-order chi connectivity index (χ1) is 14.2. The van der Waals surface area contributed by atoms with Crippen molar-refractivity contribution in [1.29, 1.82) is 0 Å². The number of halogens is 3. The molecule has 0 aromatic heterocycles. The lowest BCUT2D eigenvalue weighted by Gasteiger charge is -2.45. The van der Waals surface area contributed by atoms with Crippen LogP contribution in [0, 0.1) is 0 Å². The van der Waals surface area contributed by atoms with Crippen LogP contribution in [0.5, 0.6) is 0 Å². The summed E-state index contributed by atoms with van der Waals surface area (Å²) in [5.41, 5.74) is -0.531. The Hall–Kier alpha value is -2.28. The average molecular weight is 471 g/mol. The molecule has 0 aliphatic carbocycles. The van der Waals surface area contributed by atoms with Crippen molar-refractivity contribution >= 4 is 35.6 Å². The topological polar surface area (TPSA) is 117 Å². The van der Waals surface area contributed by atoms with Gasteiger partial charge in [-0.05, 0) is 6.92 Å². The van der Waals surface area contributed by atoms with Gasteiger partial charge in [0.25, 0.3) is 0 Å². The van der Waals surface area contributed by atoms with E-state index in [1.807, 2.05) is 0 Å². The van der Waals surface area contributed by atoms with E-state index in [0.717, 1.165) is 32.5 Å². The summed E-state index contributed by atoms with van der Waals surface area (Å²) in [6, 6.07) is -1.54. The zero-order valence-corrected chi connectivity index (χ0v) is 18.1. The Morgan fingerprint density at radius 3 is 2.00 bits per heavy atom. The van der Waals surface area contributed by atoms with Gasteiger partial charge in [-0.15, -0.1) is 11.8 Å². The molecule has 0 bridgehead atoms. The number of thioether (sulfide) groups is 1. The van der Waals surface area contributed by atoms with Crippen molar-refractivity contribution in [3.63, 3.8) is 0 Å². The lowest BCUT2D eigenvalue weighted by molar-refractivity contribution is -0.214. The van der Waals surface area contributed by atoms with Crippen molar-refractivity contribution in [2.45, 2.75) is 63.7 Å². The molecule has 5 atom stereocenters. The Morgan fingerprint density at radius 1 is 1.00 bits per heavy atom. The molecular formula is C18H24F3NO8S. The first kappa shape index (κ1) is 26.8. The minimum Gasteiger partial charge on any atom is -0.463 e. The summed E-state index contributed by atoms with van der Waals surface area (Å²) in [6.07, 6.45) is -9.42. The van der Waals surface area contributed by atoms with E-state index in [-0.39, 0.29) is 5.75 Å². The second-order valence-corrected chi connectivity index (χ2v) is 7.85. The lowest BCUT2D eigenvalue weighted by Crippen LogP contribution is -2.66. The summed E-state index contributed by atoms with van der Waals surface area (Å²) in [5, 5.41) is 1.76. The van der Waals surface area contributed by atoms with Crippen LogP contribution in [0.4, 0.5) is 13.2 Å². The first-order valence-electron chi connectivity index (χ1n) is 8.99. The third-order valence-corrected chi connectivity index (χ3v) is 5.14. The van der Waals surface area contributed by atoms with E-state index in [0.29, 0.717) is 5.57 Å². The molecule has 0 spiro atoms. The first-order valence-corrected chi connectivity index (χ1v) is 10.0. The number of hydrogen-bond donors (Lipinski definition) is 1. The van der Waals surface area contributed by atoms with Gasteiger partial charge in [0.15, 0.2) is 12.2 Å². The van der Waals surface area contributed by atoms with Crippen LogP contribution in [0.1, 0.15) is 27.7 Å². The van der Waals surface area contributed by atoms with Gasteiger partial charge in [-0.2, -0.15) is 13.2 Å². The monoisotopic (exact) mass is 471 g/mol. The van der Waals surface area contributed by atoms with E-state index in [9.17, 15) is 32.3 Å². The maximum Gasteiger partial charge on any atom is 0.471 e. The largest absolute Gasteiger partial charge is 0.471 e. The molecule has 1 amide bonds. The van der Waals surface area contributed by atoms with Crippen LogP contribution in [0.25, 0.3) is 0 Å². The molecule has 1 unspecified atom stereocenters. The van der Waals surface area contributed by atoms with Crippen molar-refractivity contribution in [2.75, 3.05) is 12.4 Å². The van der Waals surface area contributed by atoms with E-state index in [2.05, 4.69) is 6.58 Å². The van der Waals surface area contributed by atoms with Gasteiger partial charge in [-0.25, -0.2) is 0 Å². The van der Waals surface area contributed by atoms with E-state index in [1.165, 1.54) is 0 Å². The Bertz CT molecular complexity index is 714. The van der Waals surface area contributed by atoms with Gasteiger partial charge in [-0.1, -0.05) is 12.2 Å². The molecule has 1 aliphatic rings. The van der Waals surface area contributed by atoms with Crippen molar-refractivity contribution in [1.82, 2.24) is 5.32 Å². The Balaban J connectivity index is 3.38. The highest BCUT2D eigenvalue weighted by Gasteiger charge is 2.53. The smallest absolute Gasteiger partial charge is 0.463 e.